The first kappa shape index (κ1) is 17.7. The molecule has 1 aromatic rings. The molecule has 1 aromatic carbocycles. The van der Waals surface area contributed by atoms with E-state index in [2.05, 4.69) is 0 Å². The topological polar surface area (TPSA) is 55.8 Å². The van der Waals surface area contributed by atoms with Crippen LogP contribution in [0.3, 0.4) is 0 Å². The molecule has 0 spiro atoms. The summed E-state index contributed by atoms with van der Waals surface area (Å²) in [7, 11) is 0. The molecule has 0 radical (unpaired) electrons. The summed E-state index contributed by atoms with van der Waals surface area (Å²) in [4.78, 5) is 25.6. The van der Waals surface area contributed by atoms with Gasteiger partial charge in [0, 0.05) is 6.54 Å². The zero-order valence-corrected chi connectivity index (χ0v) is 14.6. The van der Waals surface area contributed by atoms with Crippen molar-refractivity contribution in [2.45, 2.75) is 38.9 Å². The third-order valence-corrected chi connectivity index (χ3v) is 4.56. The lowest BCUT2D eigenvalue weighted by atomic mass is 10.1. The van der Waals surface area contributed by atoms with Crippen LogP contribution in [0.5, 0.6) is 11.5 Å². The molecule has 0 bridgehead atoms. The molecule has 0 aromatic heterocycles. The van der Waals surface area contributed by atoms with Gasteiger partial charge in [0.1, 0.15) is 0 Å². The van der Waals surface area contributed by atoms with E-state index in [9.17, 15) is 9.59 Å². The third kappa shape index (κ3) is 4.19. The van der Waals surface area contributed by atoms with Gasteiger partial charge in [-0.15, -0.1) is 0 Å². The quantitative estimate of drug-likeness (QED) is 0.727. The Labute approximate surface area is 141 Å². The molecule has 6 heteroatoms. The molecule has 2 amide bonds. The minimum Gasteiger partial charge on any atom is -0.490 e. The van der Waals surface area contributed by atoms with Crippen molar-refractivity contribution >= 4 is 22.9 Å². The zero-order valence-electron chi connectivity index (χ0n) is 13.8. The minimum atomic E-state index is -0.346. The van der Waals surface area contributed by atoms with Crippen molar-refractivity contribution in [3.63, 3.8) is 0 Å². The predicted octanol–water partition coefficient (Wildman–Crippen LogP) is 3.50. The largest absolute Gasteiger partial charge is 0.490 e. The maximum atomic E-state index is 12.3. The summed E-state index contributed by atoms with van der Waals surface area (Å²) in [6.45, 7) is 7.40. The fourth-order valence-corrected chi connectivity index (χ4v) is 3.55. The summed E-state index contributed by atoms with van der Waals surface area (Å²) in [5.74, 6) is 1.29. The first-order valence-electron chi connectivity index (χ1n) is 8.01. The number of rotatable bonds is 8. The van der Waals surface area contributed by atoms with Gasteiger partial charge >= 0.3 is 0 Å². The average Bonchev–Trinajstić information content (AvgIpc) is 2.78. The lowest BCUT2D eigenvalue weighted by Gasteiger charge is -2.14. The molecule has 1 saturated heterocycles. The number of thioether (sulfide) groups is 1. The van der Waals surface area contributed by atoms with Crippen molar-refractivity contribution in [3.8, 4) is 11.5 Å². The highest BCUT2D eigenvalue weighted by atomic mass is 32.2. The lowest BCUT2D eigenvalue weighted by Crippen LogP contribution is -2.32. The molecular formula is C17H23NO4S. The van der Waals surface area contributed by atoms with E-state index in [1.807, 2.05) is 39.0 Å². The summed E-state index contributed by atoms with van der Waals surface area (Å²) in [5.41, 5.74) is 0.967. The second-order valence-corrected chi connectivity index (χ2v) is 6.37. The summed E-state index contributed by atoms with van der Waals surface area (Å²) in [6.07, 6.45) is 1.30. The van der Waals surface area contributed by atoms with E-state index in [4.69, 9.17) is 9.47 Å². The molecule has 0 unspecified atom stereocenters. The number of carbonyl (C=O) groups excluding carboxylic acids is 2. The van der Waals surface area contributed by atoms with Gasteiger partial charge in [-0.1, -0.05) is 24.8 Å². The fraction of sp³-hybridized carbons (Fsp3) is 0.529. The van der Waals surface area contributed by atoms with Crippen LogP contribution in [0.1, 0.15) is 32.8 Å². The number of imide groups is 1. The highest BCUT2D eigenvalue weighted by Gasteiger charge is 2.38. The first-order chi connectivity index (χ1) is 11.1. The van der Waals surface area contributed by atoms with E-state index in [1.54, 1.807) is 0 Å². The summed E-state index contributed by atoms with van der Waals surface area (Å²) >= 11 is 1.12. The van der Waals surface area contributed by atoms with Crippen LogP contribution in [-0.4, -0.2) is 41.1 Å². The maximum absolute atomic E-state index is 12.3. The van der Waals surface area contributed by atoms with Crippen molar-refractivity contribution in [2.24, 2.45) is 0 Å². The van der Waals surface area contributed by atoms with E-state index in [0.717, 1.165) is 23.7 Å². The molecule has 0 saturated carbocycles. The van der Waals surface area contributed by atoms with Crippen molar-refractivity contribution in [1.29, 1.82) is 0 Å². The molecule has 1 aliphatic rings. The van der Waals surface area contributed by atoms with Crippen molar-refractivity contribution in [1.82, 2.24) is 4.90 Å². The number of carbonyl (C=O) groups is 2. The SMILES string of the molecule is CCCN1C(=O)S[C@@H](Cc2ccc(OCC)c(OCC)c2)C1=O. The zero-order chi connectivity index (χ0) is 16.8. The van der Waals surface area contributed by atoms with Gasteiger partial charge in [-0.05, 0) is 44.4 Å². The molecular weight excluding hydrogens is 314 g/mol. The molecule has 2 rings (SSSR count). The van der Waals surface area contributed by atoms with Crippen LogP contribution in [0, 0.1) is 0 Å². The second kappa shape index (κ2) is 8.24. The van der Waals surface area contributed by atoms with Crippen molar-refractivity contribution in [2.75, 3.05) is 19.8 Å². The molecule has 126 valence electrons. The number of hydrogen-bond donors (Lipinski definition) is 0. The van der Waals surface area contributed by atoms with E-state index >= 15 is 0 Å². The normalized spacial score (nSPS) is 17.7. The molecule has 0 aliphatic carbocycles. The third-order valence-electron chi connectivity index (χ3n) is 3.48. The van der Waals surface area contributed by atoms with Gasteiger partial charge in [0.05, 0.1) is 18.5 Å². The Balaban J connectivity index is 2.12. The van der Waals surface area contributed by atoms with Gasteiger partial charge in [0.25, 0.3) is 5.24 Å². The van der Waals surface area contributed by atoms with Gasteiger partial charge in [0.15, 0.2) is 11.5 Å². The summed E-state index contributed by atoms with van der Waals surface area (Å²) in [5, 5.41) is -0.487. The first-order valence-corrected chi connectivity index (χ1v) is 8.89. The van der Waals surface area contributed by atoms with Gasteiger partial charge in [-0.25, -0.2) is 0 Å². The van der Waals surface area contributed by atoms with Gasteiger partial charge in [-0.2, -0.15) is 0 Å². The molecule has 5 nitrogen and oxygen atoms in total. The van der Waals surface area contributed by atoms with Crippen LogP contribution in [0.25, 0.3) is 0 Å². The van der Waals surface area contributed by atoms with Crippen LogP contribution in [0.2, 0.25) is 0 Å². The average molecular weight is 337 g/mol. The molecule has 1 atom stereocenters. The van der Waals surface area contributed by atoms with Crippen molar-refractivity contribution in [3.05, 3.63) is 23.8 Å². The monoisotopic (exact) mass is 337 g/mol. The molecule has 1 fully saturated rings. The van der Waals surface area contributed by atoms with E-state index < -0.39 is 0 Å². The number of amides is 2. The van der Waals surface area contributed by atoms with Crippen LogP contribution in [-0.2, 0) is 11.2 Å². The Morgan fingerprint density at radius 1 is 1.09 bits per heavy atom. The lowest BCUT2D eigenvalue weighted by molar-refractivity contribution is -0.126. The molecule has 0 N–H and O–H groups in total. The Bertz CT molecular complexity index is 576. The Morgan fingerprint density at radius 2 is 1.78 bits per heavy atom. The standard InChI is InChI=1S/C17H23NO4S/c1-4-9-18-16(19)15(23-17(18)20)11-12-7-8-13(21-5-2)14(10-12)22-6-3/h7-8,10,15H,4-6,9,11H2,1-3H3/t15-/m0/s1. The molecule has 1 heterocycles. The number of benzene rings is 1. The fourth-order valence-electron chi connectivity index (χ4n) is 2.49. The number of ether oxygens (including phenoxy) is 2. The number of hydrogen-bond acceptors (Lipinski definition) is 5. The van der Waals surface area contributed by atoms with E-state index in [1.165, 1.54) is 4.90 Å². The summed E-state index contributed by atoms with van der Waals surface area (Å²) in [6, 6.07) is 5.68. The minimum absolute atomic E-state index is 0.0892. The molecule has 23 heavy (non-hydrogen) atoms. The summed E-state index contributed by atoms with van der Waals surface area (Å²) < 4.78 is 11.2. The Kier molecular flexibility index (Phi) is 6.33. The Hall–Kier alpha value is -1.69. The molecule has 1 aliphatic heterocycles. The number of nitrogens with zero attached hydrogens (tertiary/aromatic N) is 1. The van der Waals surface area contributed by atoms with E-state index in [-0.39, 0.29) is 16.4 Å². The van der Waals surface area contributed by atoms with Crippen molar-refractivity contribution < 1.29 is 19.1 Å². The highest BCUT2D eigenvalue weighted by molar-refractivity contribution is 8.15. The van der Waals surface area contributed by atoms with Crippen LogP contribution < -0.4 is 9.47 Å². The van der Waals surface area contributed by atoms with Gasteiger partial charge in [0.2, 0.25) is 5.91 Å². The Morgan fingerprint density at radius 3 is 2.43 bits per heavy atom. The van der Waals surface area contributed by atoms with Crippen LogP contribution in [0.4, 0.5) is 4.79 Å². The predicted molar refractivity (Wildman–Crippen MR) is 91.3 cm³/mol. The highest BCUT2D eigenvalue weighted by Crippen LogP contribution is 2.33. The van der Waals surface area contributed by atoms with Crippen LogP contribution >= 0.6 is 11.8 Å². The smallest absolute Gasteiger partial charge is 0.289 e. The van der Waals surface area contributed by atoms with Crippen LogP contribution in [0.15, 0.2) is 18.2 Å². The van der Waals surface area contributed by atoms with Gasteiger partial charge < -0.3 is 9.47 Å². The van der Waals surface area contributed by atoms with E-state index in [0.29, 0.717) is 37.7 Å². The maximum Gasteiger partial charge on any atom is 0.289 e. The second-order valence-electron chi connectivity index (χ2n) is 5.21. The van der Waals surface area contributed by atoms with Gasteiger partial charge in [-0.3, -0.25) is 14.5 Å².